The summed E-state index contributed by atoms with van der Waals surface area (Å²) in [5.74, 6) is 1.32. The van der Waals surface area contributed by atoms with Crippen LogP contribution in [-0.4, -0.2) is 21.5 Å². The number of anilines is 1. The first-order valence-corrected chi connectivity index (χ1v) is 12.0. The first-order valence-electron chi connectivity index (χ1n) is 10.3. The Morgan fingerprint density at radius 2 is 1.94 bits per heavy atom. The molecule has 0 saturated heterocycles. The summed E-state index contributed by atoms with van der Waals surface area (Å²) in [6, 6.07) is 5.27. The summed E-state index contributed by atoms with van der Waals surface area (Å²) >= 11 is 13.9. The van der Waals surface area contributed by atoms with Crippen molar-refractivity contribution in [1.29, 1.82) is 0 Å². The lowest BCUT2D eigenvalue weighted by Gasteiger charge is -2.38. The number of allylic oxidation sites excluding steroid dienone is 2. The van der Waals surface area contributed by atoms with Crippen molar-refractivity contribution in [3.8, 4) is 0 Å². The Kier molecular flexibility index (Phi) is 6.01. The van der Waals surface area contributed by atoms with Gasteiger partial charge in [-0.05, 0) is 35.4 Å². The number of carbonyl (C=O) groups is 1. The van der Waals surface area contributed by atoms with Gasteiger partial charge in [-0.3, -0.25) is 9.59 Å². The van der Waals surface area contributed by atoms with E-state index in [0.717, 1.165) is 17.0 Å². The van der Waals surface area contributed by atoms with Crippen LogP contribution in [-0.2, 0) is 4.79 Å². The average molecular weight is 478 g/mol. The van der Waals surface area contributed by atoms with Crippen molar-refractivity contribution in [3.63, 3.8) is 0 Å². The number of thioether (sulfide) groups is 1. The van der Waals surface area contributed by atoms with E-state index in [1.807, 2.05) is 6.07 Å². The van der Waals surface area contributed by atoms with Gasteiger partial charge in [-0.15, -0.1) is 0 Å². The number of halogens is 2. The molecule has 2 N–H and O–H groups in total. The Hall–Kier alpha value is -1.76. The molecule has 2 aromatic rings. The summed E-state index contributed by atoms with van der Waals surface area (Å²) in [6.45, 7) is 8.40. The summed E-state index contributed by atoms with van der Waals surface area (Å²) in [5, 5.41) is 4.72. The van der Waals surface area contributed by atoms with Crippen LogP contribution in [0.3, 0.4) is 0 Å². The van der Waals surface area contributed by atoms with Crippen LogP contribution in [0.2, 0.25) is 10.0 Å². The molecule has 0 spiro atoms. The van der Waals surface area contributed by atoms with Crippen molar-refractivity contribution in [1.82, 2.24) is 9.97 Å². The number of benzene rings is 1. The van der Waals surface area contributed by atoms with Gasteiger partial charge >= 0.3 is 0 Å². The van der Waals surface area contributed by atoms with Crippen molar-refractivity contribution < 1.29 is 4.79 Å². The second-order valence-corrected chi connectivity index (χ2v) is 11.2. The van der Waals surface area contributed by atoms with E-state index in [4.69, 9.17) is 28.2 Å². The van der Waals surface area contributed by atoms with Crippen LogP contribution < -0.4 is 10.9 Å². The predicted molar refractivity (Wildman–Crippen MR) is 127 cm³/mol. The van der Waals surface area contributed by atoms with E-state index >= 15 is 0 Å². The van der Waals surface area contributed by atoms with Crippen LogP contribution in [0.15, 0.2) is 39.4 Å². The Morgan fingerprint density at radius 3 is 2.61 bits per heavy atom. The maximum absolute atomic E-state index is 13.3. The van der Waals surface area contributed by atoms with Gasteiger partial charge in [-0.1, -0.05) is 68.7 Å². The van der Waals surface area contributed by atoms with Crippen LogP contribution in [0, 0.1) is 11.3 Å². The number of H-pyrrole nitrogens is 1. The van der Waals surface area contributed by atoms with E-state index < -0.39 is 5.92 Å². The standard InChI is InChI=1S/C23H25Cl2N3O2S/c1-11(2)10-31-22-27-20-19(21(30)28-22)17(12-5-6-13(24)14(25)7-12)18-15(26-20)8-23(3,4)9-16(18)29/h5-7,11,17H,8-10H2,1-4H3,(H2,26,27,28,30). The second-order valence-electron chi connectivity index (χ2n) is 9.40. The maximum atomic E-state index is 13.3. The van der Waals surface area contributed by atoms with Crippen LogP contribution in [0.25, 0.3) is 0 Å². The van der Waals surface area contributed by atoms with Gasteiger partial charge in [0.25, 0.3) is 5.56 Å². The fraction of sp³-hybridized carbons (Fsp3) is 0.435. The molecule has 2 heterocycles. The van der Waals surface area contributed by atoms with Crippen LogP contribution in [0.1, 0.15) is 57.6 Å². The van der Waals surface area contributed by atoms with E-state index in [1.54, 1.807) is 12.1 Å². The zero-order valence-electron chi connectivity index (χ0n) is 17.9. The minimum Gasteiger partial charge on any atom is -0.343 e. The lowest BCUT2D eigenvalue weighted by Crippen LogP contribution is -2.37. The summed E-state index contributed by atoms with van der Waals surface area (Å²) in [4.78, 5) is 34.1. The fourth-order valence-electron chi connectivity index (χ4n) is 4.23. The van der Waals surface area contributed by atoms with E-state index in [-0.39, 0.29) is 16.8 Å². The summed E-state index contributed by atoms with van der Waals surface area (Å²) in [7, 11) is 0. The Labute approximate surface area is 196 Å². The Bertz CT molecular complexity index is 1150. The van der Waals surface area contributed by atoms with E-state index in [0.29, 0.717) is 50.9 Å². The molecule has 0 amide bonds. The molecule has 31 heavy (non-hydrogen) atoms. The first-order chi connectivity index (χ1) is 14.6. The number of fused-ring (bicyclic) bond motifs is 1. The lowest BCUT2D eigenvalue weighted by molar-refractivity contribution is -0.118. The second kappa shape index (κ2) is 8.30. The molecular formula is C23H25Cl2N3O2S. The number of rotatable bonds is 4. The summed E-state index contributed by atoms with van der Waals surface area (Å²) < 4.78 is 0. The first kappa shape index (κ1) is 22.4. The van der Waals surface area contributed by atoms with Gasteiger partial charge in [0.05, 0.1) is 15.6 Å². The molecule has 1 atom stereocenters. The molecule has 1 aromatic heterocycles. The number of hydrogen-bond donors (Lipinski definition) is 2. The van der Waals surface area contributed by atoms with E-state index in [9.17, 15) is 9.59 Å². The quantitative estimate of drug-likeness (QED) is 0.415. The van der Waals surface area contributed by atoms with Gasteiger partial charge in [0.1, 0.15) is 5.82 Å². The highest BCUT2D eigenvalue weighted by atomic mass is 35.5. The molecule has 1 aromatic carbocycles. The van der Waals surface area contributed by atoms with Crippen molar-refractivity contribution in [3.05, 3.63) is 61.0 Å². The van der Waals surface area contributed by atoms with Gasteiger partial charge in [-0.25, -0.2) is 4.98 Å². The van der Waals surface area contributed by atoms with Crippen molar-refractivity contribution in [2.45, 2.75) is 51.6 Å². The molecule has 5 nitrogen and oxygen atoms in total. The largest absolute Gasteiger partial charge is 0.343 e. The van der Waals surface area contributed by atoms with E-state index in [1.165, 1.54) is 11.8 Å². The van der Waals surface area contributed by atoms with E-state index in [2.05, 4.69) is 38.0 Å². The monoisotopic (exact) mass is 477 g/mol. The smallest absolute Gasteiger partial charge is 0.257 e. The number of aromatic amines is 1. The zero-order valence-corrected chi connectivity index (χ0v) is 20.3. The molecule has 1 unspecified atom stereocenters. The third kappa shape index (κ3) is 4.43. The van der Waals surface area contributed by atoms with Gasteiger partial charge in [0.2, 0.25) is 0 Å². The minimum absolute atomic E-state index is 0.0399. The molecule has 1 aliphatic heterocycles. The molecule has 0 saturated carbocycles. The highest BCUT2D eigenvalue weighted by molar-refractivity contribution is 7.99. The highest BCUT2D eigenvalue weighted by Gasteiger charge is 2.42. The number of aromatic nitrogens is 2. The average Bonchev–Trinajstić information content (AvgIpc) is 2.66. The number of nitrogens with one attached hydrogen (secondary N) is 2. The summed E-state index contributed by atoms with van der Waals surface area (Å²) in [5.41, 5.74) is 2.25. The molecule has 8 heteroatoms. The van der Waals surface area contributed by atoms with Crippen molar-refractivity contribution in [2.75, 3.05) is 11.1 Å². The van der Waals surface area contributed by atoms with Crippen LogP contribution in [0.4, 0.5) is 5.82 Å². The number of ketones is 1. The third-order valence-electron chi connectivity index (χ3n) is 5.53. The van der Waals surface area contributed by atoms with Crippen molar-refractivity contribution in [2.24, 2.45) is 11.3 Å². The van der Waals surface area contributed by atoms with Gasteiger partial charge in [0, 0.05) is 29.4 Å². The Balaban J connectivity index is 1.90. The summed E-state index contributed by atoms with van der Waals surface area (Å²) in [6.07, 6.45) is 1.13. The predicted octanol–water partition coefficient (Wildman–Crippen LogP) is 6.03. The van der Waals surface area contributed by atoms with Crippen molar-refractivity contribution >= 4 is 46.6 Å². The zero-order chi connectivity index (χ0) is 22.5. The maximum Gasteiger partial charge on any atom is 0.257 e. The topological polar surface area (TPSA) is 74.8 Å². The molecule has 164 valence electrons. The molecular weight excluding hydrogens is 453 g/mol. The van der Waals surface area contributed by atoms with Crippen LogP contribution >= 0.6 is 35.0 Å². The number of Topliss-reactive ketones (excluding diaryl/α,β-unsaturated/α-hetero) is 1. The van der Waals surface area contributed by atoms with Gasteiger partial charge in [-0.2, -0.15) is 0 Å². The molecule has 1 aliphatic carbocycles. The SMILES string of the molecule is CC(C)CSc1nc2c(c(=O)[nH]1)C(c1ccc(Cl)c(Cl)c1)C1=C(CC(C)(C)CC1=O)N2. The Morgan fingerprint density at radius 1 is 1.19 bits per heavy atom. The molecule has 0 fully saturated rings. The van der Waals surface area contributed by atoms with Gasteiger partial charge < -0.3 is 10.3 Å². The lowest BCUT2D eigenvalue weighted by atomic mass is 9.69. The number of carbonyl (C=O) groups excluding carboxylic acids is 1. The molecule has 4 rings (SSSR count). The van der Waals surface area contributed by atoms with Crippen LogP contribution in [0.5, 0.6) is 0 Å². The molecule has 2 aliphatic rings. The van der Waals surface area contributed by atoms with Gasteiger partial charge in [0.15, 0.2) is 10.9 Å². The highest BCUT2D eigenvalue weighted by Crippen LogP contribution is 2.48. The third-order valence-corrected chi connectivity index (χ3v) is 7.57. The molecule has 0 radical (unpaired) electrons. The fourth-order valence-corrected chi connectivity index (χ4v) is 5.35. The molecule has 0 bridgehead atoms. The number of hydrogen-bond acceptors (Lipinski definition) is 5. The number of nitrogens with zero attached hydrogens (tertiary/aromatic N) is 1. The normalized spacial score (nSPS) is 19.8. The minimum atomic E-state index is -0.537.